The lowest BCUT2D eigenvalue weighted by molar-refractivity contribution is 0.482. The Kier molecular flexibility index (Phi) is 3.90. The molecule has 0 fully saturated rings. The van der Waals surface area contributed by atoms with Crippen molar-refractivity contribution in [1.82, 2.24) is 10.3 Å². The Morgan fingerprint density at radius 3 is 2.37 bits per heavy atom. The lowest BCUT2D eigenvalue weighted by Gasteiger charge is -2.20. The quantitative estimate of drug-likeness (QED) is 0.918. The van der Waals surface area contributed by atoms with Gasteiger partial charge < -0.3 is 5.32 Å². The predicted octanol–water partition coefficient (Wildman–Crippen LogP) is 3.29. The Morgan fingerprint density at radius 2 is 1.74 bits per heavy atom. The molecule has 1 atom stereocenters. The normalized spacial score (nSPS) is 12.5. The van der Waals surface area contributed by atoms with Crippen LogP contribution in [-0.4, -0.2) is 12.0 Å². The highest BCUT2D eigenvalue weighted by molar-refractivity contribution is 5.37. The van der Waals surface area contributed by atoms with Crippen molar-refractivity contribution in [3.8, 4) is 0 Å². The molecule has 0 saturated heterocycles. The summed E-state index contributed by atoms with van der Waals surface area (Å²) in [5.41, 5.74) is 2.43. The Balaban J connectivity index is 2.55. The Hall–Kier alpha value is -1.81. The fraction of sp³-hybridized carbons (Fsp3) is 0.267. The van der Waals surface area contributed by atoms with Crippen molar-refractivity contribution in [2.24, 2.45) is 0 Å². The van der Waals surface area contributed by atoms with Crippen molar-refractivity contribution < 1.29 is 8.78 Å². The van der Waals surface area contributed by atoms with Gasteiger partial charge in [0.1, 0.15) is 0 Å². The molecular weight excluding hydrogens is 246 g/mol. The van der Waals surface area contributed by atoms with Gasteiger partial charge >= 0.3 is 0 Å². The van der Waals surface area contributed by atoms with E-state index in [1.807, 2.05) is 13.0 Å². The molecule has 2 nitrogen and oxygen atoms in total. The minimum absolute atomic E-state index is 0.305. The van der Waals surface area contributed by atoms with Crippen molar-refractivity contribution in [1.29, 1.82) is 0 Å². The summed E-state index contributed by atoms with van der Waals surface area (Å²) in [6.45, 7) is 3.45. The standard InChI is InChI=1S/C15H16F2N2/c1-9-4-5-12(14(17)13(9)16)15(18-3)11-6-7-19-8-10(11)2/h4-8,15,18H,1-3H3. The number of rotatable bonds is 3. The van der Waals surface area contributed by atoms with Crippen LogP contribution in [0.25, 0.3) is 0 Å². The Morgan fingerprint density at radius 1 is 1.00 bits per heavy atom. The van der Waals surface area contributed by atoms with E-state index in [9.17, 15) is 8.78 Å². The maximum absolute atomic E-state index is 14.1. The van der Waals surface area contributed by atoms with E-state index in [0.717, 1.165) is 11.1 Å². The molecule has 2 rings (SSSR count). The number of aryl methyl sites for hydroxylation is 2. The van der Waals surface area contributed by atoms with Crippen LogP contribution in [0.4, 0.5) is 8.78 Å². The Labute approximate surface area is 111 Å². The third-order valence-electron chi connectivity index (χ3n) is 3.28. The average Bonchev–Trinajstić information content (AvgIpc) is 2.41. The van der Waals surface area contributed by atoms with E-state index in [2.05, 4.69) is 10.3 Å². The van der Waals surface area contributed by atoms with Crippen LogP contribution in [0.3, 0.4) is 0 Å². The maximum Gasteiger partial charge on any atom is 0.164 e. The van der Waals surface area contributed by atoms with Crippen LogP contribution < -0.4 is 5.32 Å². The molecule has 1 unspecified atom stereocenters. The second-order valence-electron chi connectivity index (χ2n) is 4.55. The van der Waals surface area contributed by atoms with Gasteiger partial charge in [0.05, 0.1) is 6.04 Å². The van der Waals surface area contributed by atoms with Crippen LogP contribution in [0.15, 0.2) is 30.6 Å². The number of aromatic nitrogens is 1. The van der Waals surface area contributed by atoms with E-state index in [0.29, 0.717) is 11.1 Å². The van der Waals surface area contributed by atoms with Crippen LogP contribution in [0.1, 0.15) is 28.3 Å². The van der Waals surface area contributed by atoms with Gasteiger partial charge in [0, 0.05) is 18.0 Å². The zero-order valence-corrected chi connectivity index (χ0v) is 11.2. The van der Waals surface area contributed by atoms with Gasteiger partial charge in [-0.3, -0.25) is 4.98 Å². The van der Waals surface area contributed by atoms with E-state index in [-0.39, 0.29) is 0 Å². The highest BCUT2D eigenvalue weighted by Gasteiger charge is 2.21. The molecule has 0 bridgehead atoms. The van der Waals surface area contributed by atoms with Crippen molar-refractivity contribution >= 4 is 0 Å². The summed E-state index contributed by atoms with van der Waals surface area (Å²) >= 11 is 0. The molecule has 1 aromatic heterocycles. The zero-order chi connectivity index (χ0) is 14.0. The maximum atomic E-state index is 14.1. The third-order valence-corrected chi connectivity index (χ3v) is 3.28. The lowest BCUT2D eigenvalue weighted by atomic mass is 9.95. The van der Waals surface area contributed by atoms with E-state index < -0.39 is 17.7 Å². The van der Waals surface area contributed by atoms with Gasteiger partial charge in [0.2, 0.25) is 0 Å². The van der Waals surface area contributed by atoms with Gasteiger partial charge in [-0.25, -0.2) is 8.78 Å². The van der Waals surface area contributed by atoms with Crippen LogP contribution in [-0.2, 0) is 0 Å². The number of hydrogen-bond donors (Lipinski definition) is 1. The summed E-state index contributed by atoms with van der Waals surface area (Å²) in [5.74, 6) is -1.58. The molecule has 1 aromatic carbocycles. The van der Waals surface area contributed by atoms with Gasteiger partial charge in [-0.05, 0) is 43.7 Å². The van der Waals surface area contributed by atoms with Crippen LogP contribution >= 0.6 is 0 Å². The summed E-state index contributed by atoms with van der Waals surface area (Å²) in [4.78, 5) is 4.01. The van der Waals surface area contributed by atoms with E-state index >= 15 is 0 Å². The van der Waals surface area contributed by atoms with E-state index in [1.54, 1.807) is 38.5 Å². The number of nitrogens with one attached hydrogen (secondary N) is 1. The van der Waals surface area contributed by atoms with E-state index in [1.165, 1.54) is 0 Å². The fourth-order valence-corrected chi connectivity index (χ4v) is 2.17. The lowest BCUT2D eigenvalue weighted by Crippen LogP contribution is -2.20. The molecule has 0 aliphatic heterocycles. The second kappa shape index (κ2) is 5.45. The molecule has 2 aromatic rings. The molecule has 1 heterocycles. The van der Waals surface area contributed by atoms with Crippen LogP contribution in [0, 0.1) is 25.5 Å². The highest BCUT2D eigenvalue weighted by atomic mass is 19.2. The van der Waals surface area contributed by atoms with Crippen LogP contribution in [0.5, 0.6) is 0 Å². The Bertz CT molecular complexity index is 597. The first-order chi connectivity index (χ1) is 9.06. The molecule has 19 heavy (non-hydrogen) atoms. The smallest absolute Gasteiger partial charge is 0.164 e. The number of hydrogen-bond acceptors (Lipinski definition) is 2. The van der Waals surface area contributed by atoms with Gasteiger partial charge in [0.25, 0.3) is 0 Å². The largest absolute Gasteiger partial charge is 0.309 e. The number of nitrogens with zero attached hydrogens (tertiary/aromatic N) is 1. The molecular formula is C15H16F2N2. The second-order valence-corrected chi connectivity index (χ2v) is 4.55. The van der Waals surface area contributed by atoms with Gasteiger partial charge in [0.15, 0.2) is 11.6 Å². The fourth-order valence-electron chi connectivity index (χ4n) is 2.17. The minimum atomic E-state index is -0.796. The first kappa shape index (κ1) is 13.6. The summed E-state index contributed by atoms with van der Waals surface area (Å²) < 4.78 is 27.8. The first-order valence-electron chi connectivity index (χ1n) is 6.08. The average molecular weight is 262 g/mol. The molecule has 4 heteroatoms. The highest BCUT2D eigenvalue weighted by Crippen LogP contribution is 2.28. The molecule has 0 spiro atoms. The molecule has 100 valence electrons. The third kappa shape index (κ3) is 2.49. The van der Waals surface area contributed by atoms with Crippen molar-refractivity contribution in [3.63, 3.8) is 0 Å². The van der Waals surface area contributed by atoms with Gasteiger partial charge in [-0.1, -0.05) is 12.1 Å². The summed E-state index contributed by atoms with van der Waals surface area (Å²) in [6.07, 6.45) is 3.36. The number of benzene rings is 1. The summed E-state index contributed by atoms with van der Waals surface area (Å²) in [6, 6.07) is 4.63. The summed E-state index contributed by atoms with van der Waals surface area (Å²) in [7, 11) is 1.72. The molecule has 0 saturated carbocycles. The molecule has 1 N–H and O–H groups in total. The summed E-state index contributed by atoms with van der Waals surface area (Å²) in [5, 5.41) is 3.03. The van der Waals surface area contributed by atoms with Crippen LogP contribution in [0.2, 0.25) is 0 Å². The van der Waals surface area contributed by atoms with Crippen molar-refractivity contribution in [2.45, 2.75) is 19.9 Å². The molecule has 0 aliphatic rings. The predicted molar refractivity (Wildman–Crippen MR) is 71.0 cm³/mol. The molecule has 0 aliphatic carbocycles. The van der Waals surface area contributed by atoms with Crippen molar-refractivity contribution in [2.75, 3.05) is 7.05 Å². The van der Waals surface area contributed by atoms with Gasteiger partial charge in [-0.15, -0.1) is 0 Å². The van der Waals surface area contributed by atoms with E-state index in [4.69, 9.17) is 0 Å². The first-order valence-corrected chi connectivity index (χ1v) is 6.08. The topological polar surface area (TPSA) is 24.9 Å². The number of pyridine rings is 1. The minimum Gasteiger partial charge on any atom is -0.309 e. The monoisotopic (exact) mass is 262 g/mol. The van der Waals surface area contributed by atoms with Gasteiger partial charge in [-0.2, -0.15) is 0 Å². The number of halogens is 2. The SMILES string of the molecule is CNC(c1ccncc1C)c1ccc(C)c(F)c1F. The molecule has 0 amide bonds. The zero-order valence-electron chi connectivity index (χ0n) is 11.2. The van der Waals surface area contributed by atoms with Crippen molar-refractivity contribution in [3.05, 3.63) is 64.5 Å². The molecule has 0 radical (unpaired) electrons.